The molecule has 0 heterocycles. The molecule has 0 aliphatic rings. The number of benzene rings is 2. The topological polar surface area (TPSA) is 29.5 Å². The van der Waals surface area contributed by atoms with Gasteiger partial charge >= 0.3 is 0 Å². The second-order valence-electron chi connectivity index (χ2n) is 3.94. The average molecular weight is 307 g/mol. The predicted octanol–water partition coefficient (Wildman–Crippen LogP) is 3.92. The van der Waals surface area contributed by atoms with Crippen LogP contribution in [0.3, 0.4) is 0 Å². The van der Waals surface area contributed by atoms with Crippen molar-refractivity contribution in [3.63, 3.8) is 0 Å². The lowest BCUT2D eigenvalue weighted by Crippen LogP contribution is -1.99. The van der Waals surface area contributed by atoms with Crippen LogP contribution in [-0.4, -0.2) is 11.7 Å². The van der Waals surface area contributed by atoms with Crippen molar-refractivity contribution in [3.05, 3.63) is 63.6 Å². The highest BCUT2D eigenvalue weighted by molar-refractivity contribution is 6.35. The Balaban J connectivity index is 2.19. The zero-order valence-corrected chi connectivity index (χ0v) is 12.1. The van der Waals surface area contributed by atoms with Gasteiger partial charge in [-0.3, -0.25) is 0 Å². The van der Waals surface area contributed by atoms with Crippen molar-refractivity contribution in [3.8, 4) is 17.6 Å². The van der Waals surface area contributed by atoms with Crippen molar-refractivity contribution >= 4 is 23.2 Å². The van der Waals surface area contributed by atoms with Crippen molar-refractivity contribution in [2.75, 3.05) is 6.61 Å². The Bertz CT molecular complexity index is 637. The van der Waals surface area contributed by atoms with Crippen LogP contribution in [0.4, 0.5) is 0 Å². The number of rotatable bonds is 3. The summed E-state index contributed by atoms with van der Waals surface area (Å²) in [6, 6.07) is 12.7. The Morgan fingerprint density at radius 3 is 2.40 bits per heavy atom. The van der Waals surface area contributed by atoms with Crippen LogP contribution in [0.25, 0.3) is 0 Å². The molecule has 1 N–H and O–H groups in total. The van der Waals surface area contributed by atoms with Crippen molar-refractivity contribution in [1.29, 1.82) is 0 Å². The number of ether oxygens (including phenoxy) is 1. The van der Waals surface area contributed by atoms with E-state index in [1.165, 1.54) is 0 Å². The molecule has 0 aromatic heterocycles. The van der Waals surface area contributed by atoms with Crippen LogP contribution < -0.4 is 4.74 Å². The van der Waals surface area contributed by atoms with Crippen molar-refractivity contribution in [2.45, 2.75) is 6.61 Å². The molecular formula is C16H12Cl2O2. The predicted molar refractivity (Wildman–Crippen MR) is 81.2 cm³/mol. The Kier molecular flexibility index (Phi) is 5.31. The molecule has 2 aromatic carbocycles. The van der Waals surface area contributed by atoms with Gasteiger partial charge < -0.3 is 9.84 Å². The van der Waals surface area contributed by atoms with E-state index in [-0.39, 0.29) is 13.2 Å². The number of hydrogen-bond donors (Lipinski definition) is 1. The monoisotopic (exact) mass is 306 g/mol. The summed E-state index contributed by atoms with van der Waals surface area (Å²) < 4.78 is 5.73. The molecule has 0 saturated carbocycles. The van der Waals surface area contributed by atoms with Gasteiger partial charge in [-0.1, -0.05) is 53.2 Å². The molecule has 0 bridgehead atoms. The molecular weight excluding hydrogens is 295 g/mol. The van der Waals surface area contributed by atoms with Crippen molar-refractivity contribution in [1.82, 2.24) is 0 Å². The Hall–Kier alpha value is -1.66. The largest absolute Gasteiger partial charge is 0.487 e. The van der Waals surface area contributed by atoms with Crippen LogP contribution in [0.5, 0.6) is 5.75 Å². The number of halogens is 2. The van der Waals surface area contributed by atoms with Crippen LogP contribution in [0, 0.1) is 11.8 Å². The maximum atomic E-state index is 8.75. The van der Waals surface area contributed by atoms with Gasteiger partial charge in [-0.2, -0.15) is 0 Å². The molecule has 0 fully saturated rings. The van der Waals surface area contributed by atoms with Crippen molar-refractivity contribution in [2.24, 2.45) is 0 Å². The third kappa shape index (κ3) is 3.68. The first kappa shape index (κ1) is 14.7. The van der Waals surface area contributed by atoms with Gasteiger partial charge in [-0.15, -0.1) is 0 Å². The van der Waals surface area contributed by atoms with Gasteiger partial charge in [0.1, 0.15) is 19.0 Å². The van der Waals surface area contributed by atoms with E-state index in [0.717, 1.165) is 5.56 Å². The summed E-state index contributed by atoms with van der Waals surface area (Å²) >= 11 is 12.2. The van der Waals surface area contributed by atoms with Gasteiger partial charge in [0.25, 0.3) is 0 Å². The third-order valence-corrected chi connectivity index (χ3v) is 3.33. The lowest BCUT2D eigenvalue weighted by molar-refractivity contribution is 0.305. The van der Waals surface area contributed by atoms with Gasteiger partial charge in [-0.25, -0.2) is 0 Å². The molecule has 0 unspecified atom stereocenters. The zero-order valence-electron chi connectivity index (χ0n) is 10.6. The van der Waals surface area contributed by atoms with Crippen LogP contribution >= 0.6 is 23.2 Å². The SMILES string of the molecule is OCC#Cc1ccccc1OCc1c(Cl)cccc1Cl. The fourth-order valence-electron chi connectivity index (χ4n) is 1.65. The fourth-order valence-corrected chi connectivity index (χ4v) is 2.16. The minimum Gasteiger partial charge on any atom is -0.487 e. The summed E-state index contributed by atoms with van der Waals surface area (Å²) in [4.78, 5) is 0. The summed E-state index contributed by atoms with van der Waals surface area (Å²) in [5.74, 6) is 6.07. The minimum absolute atomic E-state index is 0.190. The second-order valence-corrected chi connectivity index (χ2v) is 4.76. The fraction of sp³-hybridized carbons (Fsp3) is 0.125. The first-order chi connectivity index (χ1) is 9.72. The Morgan fingerprint density at radius 2 is 1.70 bits per heavy atom. The molecule has 0 saturated heterocycles. The molecule has 0 spiro atoms. The normalized spacial score (nSPS) is 9.75. The summed E-state index contributed by atoms with van der Waals surface area (Å²) in [5, 5.41) is 9.88. The summed E-state index contributed by atoms with van der Waals surface area (Å²) in [5.41, 5.74) is 1.45. The number of aliphatic hydroxyl groups excluding tert-OH is 1. The number of hydrogen-bond acceptors (Lipinski definition) is 2. The van der Waals surface area contributed by atoms with E-state index in [0.29, 0.717) is 21.4 Å². The molecule has 2 nitrogen and oxygen atoms in total. The van der Waals surface area contributed by atoms with E-state index in [1.807, 2.05) is 24.3 Å². The molecule has 0 radical (unpaired) electrons. The van der Waals surface area contributed by atoms with Gasteiger partial charge in [0.05, 0.1) is 5.56 Å². The molecule has 2 aromatic rings. The van der Waals surface area contributed by atoms with Gasteiger partial charge in [0.2, 0.25) is 0 Å². The molecule has 0 aliphatic heterocycles. The first-order valence-electron chi connectivity index (χ1n) is 5.97. The lowest BCUT2D eigenvalue weighted by Gasteiger charge is -2.10. The van der Waals surface area contributed by atoms with Crippen LogP contribution in [-0.2, 0) is 6.61 Å². The Morgan fingerprint density at radius 1 is 1.00 bits per heavy atom. The highest BCUT2D eigenvalue weighted by Gasteiger charge is 2.07. The van der Waals surface area contributed by atoms with Crippen LogP contribution in [0.1, 0.15) is 11.1 Å². The van der Waals surface area contributed by atoms with Gasteiger partial charge in [0.15, 0.2) is 0 Å². The molecule has 102 valence electrons. The van der Waals surface area contributed by atoms with Gasteiger partial charge in [0, 0.05) is 15.6 Å². The molecule has 0 amide bonds. The Labute approximate surface area is 127 Å². The maximum absolute atomic E-state index is 8.75. The lowest BCUT2D eigenvalue weighted by atomic mass is 10.2. The molecule has 2 rings (SSSR count). The van der Waals surface area contributed by atoms with Crippen LogP contribution in [0.15, 0.2) is 42.5 Å². The molecule has 20 heavy (non-hydrogen) atoms. The number of aliphatic hydroxyl groups is 1. The summed E-state index contributed by atoms with van der Waals surface area (Å²) in [6.07, 6.45) is 0. The van der Waals surface area contributed by atoms with E-state index < -0.39 is 0 Å². The van der Waals surface area contributed by atoms with Crippen LogP contribution in [0.2, 0.25) is 10.0 Å². The van der Waals surface area contributed by atoms with E-state index in [9.17, 15) is 0 Å². The third-order valence-electron chi connectivity index (χ3n) is 2.62. The van der Waals surface area contributed by atoms with E-state index in [2.05, 4.69) is 11.8 Å². The highest BCUT2D eigenvalue weighted by Crippen LogP contribution is 2.26. The standard InChI is InChI=1S/C16H12Cl2O2/c17-14-7-3-8-15(18)13(14)11-20-16-9-2-1-5-12(16)6-4-10-19/h1-3,5,7-9,19H,10-11H2. The van der Waals surface area contributed by atoms with E-state index >= 15 is 0 Å². The first-order valence-corrected chi connectivity index (χ1v) is 6.72. The van der Waals surface area contributed by atoms with E-state index in [1.54, 1.807) is 18.2 Å². The maximum Gasteiger partial charge on any atom is 0.135 e. The number of para-hydroxylation sites is 1. The summed E-state index contributed by atoms with van der Waals surface area (Å²) in [6.45, 7) is 0.0704. The van der Waals surface area contributed by atoms with Gasteiger partial charge in [-0.05, 0) is 24.3 Å². The second kappa shape index (κ2) is 7.21. The van der Waals surface area contributed by atoms with E-state index in [4.69, 9.17) is 33.0 Å². The summed E-state index contributed by atoms with van der Waals surface area (Å²) in [7, 11) is 0. The smallest absolute Gasteiger partial charge is 0.135 e. The molecule has 4 heteroatoms. The quantitative estimate of drug-likeness (QED) is 0.871. The van der Waals surface area contributed by atoms with Crippen molar-refractivity contribution < 1.29 is 9.84 Å². The molecule has 0 aliphatic carbocycles. The highest BCUT2D eigenvalue weighted by atomic mass is 35.5. The molecule has 0 atom stereocenters. The minimum atomic E-state index is -0.190. The average Bonchev–Trinajstić information content (AvgIpc) is 2.45. The zero-order chi connectivity index (χ0) is 14.4.